The van der Waals surface area contributed by atoms with Crippen molar-refractivity contribution < 1.29 is 18.0 Å². The molecule has 1 atom stereocenters. The SMILES string of the molecule is C[C@H](C(=O)NC(C)(C)C)N(Cc1ccc(Br)cc1)C(=O)CN(c1ccc(Cl)c(Cl)c1)S(=O)(=O)c1ccccc1. The van der Waals surface area contributed by atoms with E-state index in [1.807, 2.05) is 45.0 Å². The van der Waals surface area contributed by atoms with Gasteiger partial charge in [-0.15, -0.1) is 0 Å². The van der Waals surface area contributed by atoms with Crippen molar-refractivity contribution in [3.05, 3.63) is 92.9 Å². The summed E-state index contributed by atoms with van der Waals surface area (Å²) in [7, 11) is -4.19. The molecular weight excluding hydrogens is 625 g/mol. The van der Waals surface area contributed by atoms with Gasteiger partial charge in [-0.3, -0.25) is 13.9 Å². The van der Waals surface area contributed by atoms with E-state index in [2.05, 4.69) is 21.2 Å². The number of benzene rings is 3. The molecule has 39 heavy (non-hydrogen) atoms. The predicted octanol–water partition coefficient (Wildman–Crippen LogP) is 6.28. The van der Waals surface area contributed by atoms with Crippen LogP contribution in [0.2, 0.25) is 10.0 Å². The monoisotopic (exact) mass is 653 g/mol. The van der Waals surface area contributed by atoms with Crippen LogP contribution in [0.5, 0.6) is 0 Å². The van der Waals surface area contributed by atoms with Gasteiger partial charge in [0.1, 0.15) is 12.6 Å². The van der Waals surface area contributed by atoms with Crippen LogP contribution in [0.1, 0.15) is 33.3 Å². The molecule has 0 fully saturated rings. The highest BCUT2D eigenvalue weighted by Crippen LogP contribution is 2.31. The van der Waals surface area contributed by atoms with Crippen LogP contribution in [-0.4, -0.2) is 43.3 Å². The maximum absolute atomic E-state index is 13.9. The molecule has 3 aromatic carbocycles. The Morgan fingerprint density at radius 3 is 2.13 bits per heavy atom. The first-order valence-corrected chi connectivity index (χ1v) is 15.1. The standard InChI is InChI=1S/C28H30BrCl2N3O4S/c1-19(27(36)32-28(2,3)4)33(17-20-10-12-21(29)13-11-20)26(35)18-34(22-14-15-24(30)25(31)16-22)39(37,38)23-8-6-5-7-9-23/h5-16,19H,17-18H2,1-4H3,(H,32,36)/t19-/m1/s1. The van der Waals surface area contributed by atoms with Gasteiger partial charge in [0.2, 0.25) is 11.8 Å². The van der Waals surface area contributed by atoms with Crippen molar-refractivity contribution in [1.82, 2.24) is 10.2 Å². The maximum atomic E-state index is 13.9. The number of carbonyl (C=O) groups is 2. The number of anilines is 1. The van der Waals surface area contributed by atoms with E-state index in [9.17, 15) is 18.0 Å². The van der Waals surface area contributed by atoms with Gasteiger partial charge in [-0.2, -0.15) is 0 Å². The molecule has 2 amide bonds. The van der Waals surface area contributed by atoms with Crippen molar-refractivity contribution in [2.45, 2.75) is 50.7 Å². The third kappa shape index (κ3) is 8.20. The average Bonchev–Trinajstić information content (AvgIpc) is 2.87. The smallest absolute Gasteiger partial charge is 0.264 e. The van der Waals surface area contributed by atoms with Crippen LogP contribution in [-0.2, 0) is 26.2 Å². The van der Waals surface area contributed by atoms with Crippen LogP contribution in [0.15, 0.2) is 82.2 Å². The highest BCUT2D eigenvalue weighted by molar-refractivity contribution is 9.10. The summed E-state index contributed by atoms with van der Waals surface area (Å²) < 4.78 is 29.4. The Kier molecular flexibility index (Phi) is 10.1. The van der Waals surface area contributed by atoms with Crippen molar-refractivity contribution in [3.63, 3.8) is 0 Å². The first kappa shape index (κ1) is 30.9. The second-order valence-electron chi connectivity index (χ2n) is 9.99. The van der Waals surface area contributed by atoms with Gasteiger partial charge < -0.3 is 10.2 Å². The largest absolute Gasteiger partial charge is 0.350 e. The lowest BCUT2D eigenvalue weighted by Crippen LogP contribution is -2.54. The van der Waals surface area contributed by atoms with E-state index < -0.39 is 34.1 Å². The number of hydrogen-bond acceptors (Lipinski definition) is 4. The second-order valence-corrected chi connectivity index (χ2v) is 13.6. The fraction of sp³-hybridized carbons (Fsp3) is 0.286. The molecule has 0 aromatic heterocycles. The number of rotatable bonds is 9. The highest BCUT2D eigenvalue weighted by Gasteiger charge is 2.33. The Morgan fingerprint density at radius 2 is 1.56 bits per heavy atom. The number of halogens is 3. The van der Waals surface area contributed by atoms with E-state index in [0.29, 0.717) is 0 Å². The summed E-state index contributed by atoms with van der Waals surface area (Å²) in [5.74, 6) is -0.931. The molecular formula is C28H30BrCl2N3O4S. The van der Waals surface area contributed by atoms with Crippen LogP contribution in [0.25, 0.3) is 0 Å². The van der Waals surface area contributed by atoms with Crippen molar-refractivity contribution in [2.24, 2.45) is 0 Å². The quantitative estimate of drug-likeness (QED) is 0.294. The minimum absolute atomic E-state index is 0.00172. The zero-order valence-electron chi connectivity index (χ0n) is 22.0. The Labute approximate surface area is 248 Å². The normalized spacial score (nSPS) is 12.5. The third-order valence-electron chi connectivity index (χ3n) is 5.73. The zero-order chi connectivity index (χ0) is 29.0. The van der Waals surface area contributed by atoms with E-state index in [4.69, 9.17) is 23.2 Å². The van der Waals surface area contributed by atoms with Crippen LogP contribution < -0.4 is 9.62 Å². The molecule has 208 valence electrons. The Balaban J connectivity index is 2.04. The molecule has 0 aliphatic heterocycles. The van der Waals surface area contributed by atoms with E-state index in [1.54, 1.807) is 25.1 Å². The number of nitrogens with zero attached hydrogens (tertiary/aromatic N) is 2. The fourth-order valence-corrected chi connectivity index (χ4v) is 5.72. The van der Waals surface area contributed by atoms with Gasteiger partial charge in [-0.05, 0) is 75.7 Å². The molecule has 0 saturated carbocycles. The van der Waals surface area contributed by atoms with Gasteiger partial charge in [0, 0.05) is 16.6 Å². The topological polar surface area (TPSA) is 86.8 Å². The number of nitrogens with one attached hydrogen (secondary N) is 1. The van der Waals surface area contributed by atoms with Crippen molar-refractivity contribution in [1.29, 1.82) is 0 Å². The van der Waals surface area contributed by atoms with Crippen molar-refractivity contribution in [3.8, 4) is 0 Å². The number of hydrogen-bond donors (Lipinski definition) is 1. The summed E-state index contributed by atoms with van der Waals surface area (Å²) in [6.07, 6.45) is 0. The minimum Gasteiger partial charge on any atom is -0.350 e. The Bertz CT molecular complexity index is 1430. The number of amides is 2. The van der Waals surface area contributed by atoms with E-state index >= 15 is 0 Å². The van der Waals surface area contributed by atoms with Gasteiger partial charge in [-0.1, -0.05) is 69.5 Å². The molecule has 3 rings (SSSR count). The van der Waals surface area contributed by atoms with Crippen molar-refractivity contribution in [2.75, 3.05) is 10.8 Å². The molecule has 0 unspecified atom stereocenters. The Morgan fingerprint density at radius 1 is 0.949 bits per heavy atom. The summed E-state index contributed by atoms with van der Waals surface area (Å²) >= 11 is 15.7. The third-order valence-corrected chi connectivity index (χ3v) is 8.79. The minimum atomic E-state index is -4.19. The molecule has 7 nitrogen and oxygen atoms in total. The average molecular weight is 655 g/mol. The summed E-state index contributed by atoms with van der Waals surface area (Å²) in [4.78, 5) is 28.4. The van der Waals surface area contributed by atoms with Crippen LogP contribution in [0.3, 0.4) is 0 Å². The van der Waals surface area contributed by atoms with E-state index in [1.165, 1.54) is 35.2 Å². The maximum Gasteiger partial charge on any atom is 0.264 e. The molecule has 0 saturated heterocycles. The molecule has 0 heterocycles. The van der Waals surface area contributed by atoms with Crippen LogP contribution in [0.4, 0.5) is 5.69 Å². The van der Waals surface area contributed by atoms with Crippen LogP contribution in [0, 0.1) is 0 Å². The second kappa shape index (κ2) is 12.7. The summed E-state index contributed by atoms with van der Waals surface area (Å²) in [6.45, 7) is 6.67. The van der Waals surface area contributed by atoms with Gasteiger partial charge in [0.25, 0.3) is 10.0 Å². The molecule has 0 radical (unpaired) electrons. The molecule has 0 aliphatic rings. The molecule has 1 N–H and O–H groups in total. The molecule has 0 bridgehead atoms. The van der Waals surface area contributed by atoms with E-state index in [0.717, 1.165) is 14.3 Å². The predicted molar refractivity (Wildman–Crippen MR) is 159 cm³/mol. The van der Waals surface area contributed by atoms with Gasteiger partial charge >= 0.3 is 0 Å². The van der Waals surface area contributed by atoms with Crippen LogP contribution >= 0.6 is 39.1 Å². The molecule has 3 aromatic rings. The lowest BCUT2D eigenvalue weighted by molar-refractivity contribution is -0.140. The first-order chi connectivity index (χ1) is 18.2. The molecule has 11 heteroatoms. The summed E-state index contributed by atoms with van der Waals surface area (Å²) in [6, 6.07) is 18.6. The van der Waals surface area contributed by atoms with Crippen molar-refractivity contribution >= 4 is 66.7 Å². The molecule has 0 spiro atoms. The number of sulfonamides is 1. The first-order valence-electron chi connectivity index (χ1n) is 12.1. The lowest BCUT2D eigenvalue weighted by Gasteiger charge is -2.33. The van der Waals surface area contributed by atoms with Gasteiger partial charge in [-0.25, -0.2) is 8.42 Å². The summed E-state index contributed by atoms with van der Waals surface area (Å²) in [5.41, 5.74) is 0.409. The lowest BCUT2D eigenvalue weighted by atomic mass is 10.1. The fourth-order valence-electron chi connectivity index (χ4n) is 3.73. The zero-order valence-corrected chi connectivity index (χ0v) is 25.9. The summed E-state index contributed by atoms with van der Waals surface area (Å²) in [5, 5.41) is 3.28. The van der Waals surface area contributed by atoms with Gasteiger partial charge in [0.15, 0.2) is 0 Å². The van der Waals surface area contributed by atoms with Gasteiger partial charge in [0.05, 0.1) is 20.6 Å². The number of carbonyl (C=O) groups excluding carboxylic acids is 2. The Hall–Kier alpha value is -2.59. The van der Waals surface area contributed by atoms with E-state index in [-0.39, 0.29) is 33.1 Å². The highest BCUT2D eigenvalue weighted by atomic mass is 79.9. The molecule has 0 aliphatic carbocycles.